The summed E-state index contributed by atoms with van der Waals surface area (Å²) in [6.45, 7) is 6.44. The van der Waals surface area contributed by atoms with Crippen molar-refractivity contribution in [3.8, 4) is 0 Å². The normalized spacial score (nSPS) is 16.0. The SMILES string of the molecule is CN=C(NCCN1CCN(C(C)=O)CC1)NCc1cc(F)ccc1F. The third kappa shape index (κ3) is 5.97. The van der Waals surface area contributed by atoms with Crippen LogP contribution in [0.5, 0.6) is 0 Å². The fraction of sp³-hybridized carbons (Fsp3) is 0.529. The number of halogens is 2. The Balaban J connectivity index is 1.70. The minimum atomic E-state index is -0.467. The van der Waals surface area contributed by atoms with Crippen LogP contribution in [0.1, 0.15) is 12.5 Å². The Hall–Kier alpha value is -2.22. The number of guanidine groups is 1. The molecule has 6 nitrogen and oxygen atoms in total. The van der Waals surface area contributed by atoms with Gasteiger partial charge in [0.15, 0.2) is 5.96 Å². The summed E-state index contributed by atoms with van der Waals surface area (Å²) >= 11 is 0. The van der Waals surface area contributed by atoms with Crippen molar-refractivity contribution in [2.24, 2.45) is 4.99 Å². The van der Waals surface area contributed by atoms with Gasteiger partial charge in [-0.25, -0.2) is 8.78 Å². The van der Waals surface area contributed by atoms with Crippen LogP contribution in [0.3, 0.4) is 0 Å². The van der Waals surface area contributed by atoms with Gasteiger partial charge < -0.3 is 15.5 Å². The number of piperazine rings is 1. The van der Waals surface area contributed by atoms with Gasteiger partial charge in [-0.1, -0.05) is 0 Å². The third-order valence-corrected chi connectivity index (χ3v) is 4.22. The lowest BCUT2D eigenvalue weighted by Crippen LogP contribution is -2.50. The van der Waals surface area contributed by atoms with Crippen molar-refractivity contribution >= 4 is 11.9 Å². The van der Waals surface area contributed by atoms with Gasteiger partial charge in [-0.2, -0.15) is 0 Å². The summed E-state index contributed by atoms with van der Waals surface area (Å²) < 4.78 is 26.8. The zero-order valence-electron chi connectivity index (χ0n) is 14.7. The summed E-state index contributed by atoms with van der Waals surface area (Å²) in [5.74, 6) is -0.267. The van der Waals surface area contributed by atoms with E-state index < -0.39 is 11.6 Å². The number of nitrogens with one attached hydrogen (secondary N) is 2. The van der Waals surface area contributed by atoms with Gasteiger partial charge in [-0.15, -0.1) is 0 Å². The molecule has 1 saturated heterocycles. The molecule has 0 aromatic heterocycles. The first-order valence-electron chi connectivity index (χ1n) is 8.36. The molecule has 25 heavy (non-hydrogen) atoms. The van der Waals surface area contributed by atoms with Crippen molar-refractivity contribution in [2.75, 3.05) is 46.3 Å². The molecule has 1 aromatic rings. The largest absolute Gasteiger partial charge is 0.355 e. The van der Waals surface area contributed by atoms with Crippen LogP contribution in [0, 0.1) is 11.6 Å². The highest BCUT2D eigenvalue weighted by Gasteiger charge is 2.17. The maximum absolute atomic E-state index is 13.6. The Labute approximate surface area is 146 Å². The molecule has 1 amide bonds. The molecule has 2 rings (SSSR count). The van der Waals surface area contributed by atoms with Crippen LogP contribution in [-0.2, 0) is 11.3 Å². The highest BCUT2D eigenvalue weighted by Crippen LogP contribution is 2.09. The molecule has 0 spiro atoms. The molecule has 138 valence electrons. The van der Waals surface area contributed by atoms with Crippen molar-refractivity contribution in [3.63, 3.8) is 0 Å². The highest BCUT2D eigenvalue weighted by atomic mass is 19.1. The third-order valence-electron chi connectivity index (χ3n) is 4.22. The predicted molar refractivity (Wildman–Crippen MR) is 93.3 cm³/mol. The minimum absolute atomic E-state index is 0.118. The van der Waals surface area contributed by atoms with Crippen molar-refractivity contribution in [1.82, 2.24) is 20.4 Å². The second-order valence-corrected chi connectivity index (χ2v) is 5.94. The van der Waals surface area contributed by atoms with Crippen LogP contribution in [-0.4, -0.2) is 68.0 Å². The monoisotopic (exact) mass is 353 g/mol. The molecule has 0 radical (unpaired) electrons. The van der Waals surface area contributed by atoms with E-state index in [1.54, 1.807) is 14.0 Å². The highest BCUT2D eigenvalue weighted by molar-refractivity contribution is 5.79. The molecule has 1 aliphatic rings. The van der Waals surface area contributed by atoms with E-state index >= 15 is 0 Å². The molecule has 8 heteroatoms. The lowest BCUT2D eigenvalue weighted by atomic mass is 10.2. The Morgan fingerprint density at radius 1 is 1.20 bits per heavy atom. The number of carbonyl (C=O) groups excluding carboxylic acids is 1. The van der Waals surface area contributed by atoms with E-state index in [9.17, 15) is 13.6 Å². The van der Waals surface area contributed by atoms with Crippen LogP contribution in [0.15, 0.2) is 23.2 Å². The van der Waals surface area contributed by atoms with Gasteiger partial charge in [-0.05, 0) is 18.2 Å². The molecule has 0 saturated carbocycles. The summed E-state index contributed by atoms with van der Waals surface area (Å²) in [5.41, 5.74) is 0.253. The Kier molecular flexibility index (Phi) is 7.12. The van der Waals surface area contributed by atoms with Crippen LogP contribution in [0.25, 0.3) is 0 Å². The topological polar surface area (TPSA) is 60.0 Å². The van der Waals surface area contributed by atoms with Crippen LogP contribution >= 0.6 is 0 Å². The maximum atomic E-state index is 13.6. The molecule has 1 aliphatic heterocycles. The number of benzene rings is 1. The van der Waals surface area contributed by atoms with Gasteiger partial charge in [-0.3, -0.25) is 14.7 Å². The lowest BCUT2D eigenvalue weighted by molar-refractivity contribution is -0.130. The average molecular weight is 353 g/mol. The van der Waals surface area contributed by atoms with Crippen LogP contribution < -0.4 is 10.6 Å². The van der Waals surface area contributed by atoms with E-state index in [1.807, 2.05) is 4.90 Å². The van der Waals surface area contributed by atoms with Crippen LogP contribution in [0.2, 0.25) is 0 Å². The van der Waals surface area contributed by atoms with E-state index in [2.05, 4.69) is 20.5 Å². The Bertz CT molecular complexity index is 615. The quantitative estimate of drug-likeness (QED) is 0.607. The zero-order valence-corrected chi connectivity index (χ0v) is 14.7. The Morgan fingerprint density at radius 3 is 2.56 bits per heavy atom. The second kappa shape index (κ2) is 9.31. The summed E-state index contributed by atoms with van der Waals surface area (Å²) in [4.78, 5) is 19.5. The fourth-order valence-electron chi connectivity index (χ4n) is 2.70. The molecule has 1 aromatic carbocycles. The predicted octanol–water partition coefficient (Wildman–Crippen LogP) is 0.794. The molecule has 0 aliphatic carbocycles. The molecular weight excluding hydrogens is 328 g/mol. The number of amides is 1. The number of hydrogen-bond acceptors (Lipinski definition) is 3. The summed E-state index contributed by atoms with van der Waals surface area (Å²) in [5, 5.41) is 6.13. The Morgan fingerprint density at radius 2 is 1.92 bits per heavy atom. The first-order chi connectivity index (χ1) is 12.0. The molecule has 0 atom stereocenters. The molecular formula is C17H25F2N5O. The number of nitrogens with zero attached hydrogens (tertiary/aromatic N) is 3. The lowest BCUT2D eigenvalue weighted by Gasteiger charge is -2.34. The minimum Gasteiger partial charge on any atom is -0.355 e. The van der Waals surface area contributed by atoms with E-state index in [4.69, 9.17) is 0 Å². The number of rotatable bonds is 5. The van der Waals surface area contributed by atoms with Gasteiger partial charge in [0.05, 0.1) is 0 Å². The maximum Gasteiger partial charge on any atom is 0.219 e. The van der Waals surface area contributed by atoms with Crippen molar-refractivity contribution in [3.05, 3.63) is 35.4 Å². The number of carbonyl (C=O) groups is 1. The first-order valence-corrected chi connectivity index (χ1v) is 8.36. The average Bonchev–Trinajstić information content (AvgIpc) is 2.61. The number of aliphatic imine (C=N–C) groups is 1. The molecule has 0 unspecified atom stereocenters. The second-order valence-electron chi connectivity index (χ2n) is 5.94. The smallest absolute Gasteiger partial charge is 0.219 e. The zero-order chi connectivity index (χ0) is 18.2. The van der Waals surface area contributed by atoms with E-state index in [0.717, 1.165) is 44.9 Å². The summed E-state index contributed by atoms with van der Waals surface area (Å²) in [7, 11) is 1.63. The van der Waals surface area contributed by atoms with E-state index in [1.165, 1.54) is 6.07 Å². The first kappa shape index (κ1) is 19.1. The van der Waals surface area contributed by atoms with Gasteiger partial charge in [0.2, 0.25) is 5.91 Å². The molecule has 1 heterocycles. The van der Waals surface area contributed by atoms with Gasteiger partial charge >= 0.3 is 0 Å². The van der Waals surface area contributed by atoms with Crippen molar-refractivity contribution < 1.29 is 13.6 Å². The van der Waals surface area contributed by atoms with Gasteiger partial charge in [0.1, 0.15) is 11.6 Å². The fourth-order valence-corrected chi connectivity index (χ4v) is 2.70. The van der Waals surface area contributed by atoms with Gasteiger partial charge in [0, 0.05) is 65.3 Å². The molecule has 2 N–H and O–H groups in total. The van der Waals surface area contributed by atoms with E-state index in [0.29, 0.717) is 12.5 Å². The van der Waals surface area contributed by atoms with Crippen molar-refractivity contribution in [1.29, 1.82) is 0 Å². The summed E-state index contributed by atoms with van der Waals surface area (Å²) in [6, 6.07) is 3.38. The van der Waals surface area contributed by atoms with Crippen molar-refractivity contribution in [2.45, 2.75) is 13.5 Å². The molecule has 1 fully saturated rings. The van der Waals surface area contributed by atoms with Gasteiger partial charge in [0.25, 0.3) is 0 Å². The van der Waals surface area contributed by atoms with E-state index in [-0.39, 0.29) is 18.0 Å². The summed E-state index contributed by atoms with van der Waals surface area (Å²) in [6.07, 6.45) is 0. The molecule has 0 bridgehead atoms. The van der Waals surface area contributed by atoms with Crippen LogP contribution in [0.4, 0.5) is 8.78 Å². The standard InChI is InChI=1S/C17H25F2N5O/c1-13(25)24-9-7-23(8-10-24)6-5-21-17(20-2)22-12-14-11-15(18)3-4-16(14)19/h3-4,11H,5-10,12H2,1-2H3,(H2,20,21,22). The number of hydrogen-bond donors (Lipinski definition) is 2.